The molecule has 2 heterocycles. The highest BCUT2D eigenvalue weighted by atomic mass is 16.3. The highest BCUT2D eigenvalue weighted by molar-refractivity contribution is 5.46. The molecule has 0 radical (unpaired) electrons. The second-order valence-electron chi connectivity index (χ2n) is 4.90. The topological polar surface area (TPSA) is 36.4 Å². The van der Waals surface area contributed by atoms with Crippen molar-refractivity contribution in [2.24, 2.45) is 0 Å². The largest absolute Gasteiger partial charge is 0.387 e. The summed E-state index contributed by atoms with van der Waals surface area (Å²) in [5.41, 5.74) is 1.96. The number of piperidine rings is 1. The van der Waals surface area contributed by atoms with Gasteiger partial charge in [0.05, 0.1) is 23.7 Å². The quantitative estimate of drug-likeness (QED) is 0.873. The Kier molecular flexibility index (Phi) is 4.00. The molecule has 94 valence electrons. The molecule has 1 fully saturated rings. The minimum Gasteiger partial charge on any atom is -0.387 e. The average Bonchev–Trinajstić information content (AvgIpc) is 2.39. The van der Waals surface area contributed by atoms with E-state index in [2.05, 4.69) is 22.9 Å². The molecule has 17 heavy (non-hydrogen) atoms. The summed E-state index contributed by atoms with van der Waals surface area (Å²) < 4.78 is 0. The van der Waals surface area contributed by atoms with Gasteiger partial charge in [-0.3, -0.25) is 4.98 Å². The molecule has 1 aliphatic rings. The molecule has 2 rings (SSSR count). The molecule has 1 N–H and O–H groups in total. The van der Waals surface area contributed by atoms with Gasteiger partial charge < -0.3 is 10.0 Å². The van der Waals surface area contributed by atoms with Crippen molar-refractivity contribution in [2.75, 3.05) is 11.4 Å². The summed E-state index contributed by atoms with van der Waals surface area (Å²) in [6.07, 6.45) is 6.05. The van der Waals surface area contributed by atoms with Crippen LogP contribution in [0.2, 0.25) is 0 Å². The Morgan fingerprint density at radius 3 is 2.88 bits per heavy atom. The predicted molar refractivity (Wildman–Crippen MR) is 70.1 cm³/mol. The molecular weight excluding hydrogens is 212 g/mol. The van der Waals surface area contributed by atoms with Crippen LogP contribution in [0.25, 0.3) is 0 Å². The Bertz CT molecular complexity index is 350. The van der Waals surface area contributed by atoms with Gasteiger partial charge in [0, 0.05) is 12.6 Å². The minimum absolute atomic E-state index is 0.428. The van der Waals surface area contributed by atoms with Crippen LogP contribution in [-0.2, 0) is 0 Å². The molecule has 0 bridgehead atoms. The summed E-state index contributed by atoms with van der Waals surface area (Å²) >= 11 is 0. The van der Waals surface area contributed by atoms with Crippen molar-refractivity contribution in [1.29, 1.82) is 0 Å². The smallest absolute Gasteiger partial charge is 0.0957 e. The first-order valence-corrected chi connectivity index (χ1v) is 6.63. The zero-order valence-corrected chi connectivity index (χ0v) is 10.8. The van der Waals surface area contributed by atoms with Gasteiger partial charge in [0.1, 0.15) is 0 Å². The molecule has 3 nitrogen and oxygen atoms in total. The van der Waals surface area contributed by atoms with Crippen LogP contribution in [0.15, 0.2) is 18.3 Å². The fraction of sp³-hybridized carbons (Fsp3) is 0.643. The first-order chi connectivity index (χ1) is 8.22. The lowest BCUT2D eigenvalue weighted by Gasteiger charge is -2.35. The Morgan fingerprint density at radius 1 is 1.47 bits per heavy atom. The molecule has 0 aliphatic carbocycles. The van der Waals surface area contributed by atoms with Crippen LogP contribution in [0.5, 0.6) is 0 Å². The van der Waals surface area contributed by atoms with E-state index in [1.165, 1.54) is 24.9 Å². The van der Waals surface area contributed by atoms with Gasteiger partial charge in [-0.05, 0) is 44.7 Å². The van der Waals surface area contributed by atoms with Crippen molar-refractivity contribution in [3.05, 3.63) is 24.0 Å². The normalized spacial score (nSPS) is 22.5. The van der Waals surface area contributed by atoms with Crippen molar-refractivity contribution in [3.63, 3.8) is 0 Å². The molecule has 0 spiro atoms. The molecule has 1 aromatic rings. The van der Waals surface area contributed by atoms with E-state index in [4.69, 9.17) is 0 Å². The van der Waals surface area contributed by atoms with E-state index < -0.39 is 6.10 Å². The third-order valence-electron chi connectivity index (χ3n) is 3.63. The number of nitrogens with zero attached hydrogens (tertiary/aromatic N) is 2. The third kappa shape index (κ3) is 2.78. The van der Waals surface area contributed by atoms with Gasteiger partial charge in [-0.15, -0.1) is 0 Å². The van der Waals surface area contributed by atoms with Gasteiger partial charge in [0.15, 0.2) is 0 Å². The van der Waals surface area contributed by atoms with Crippen LogP contribution in [0.4, 0.5) is 5.69 Å². The van der Waals surface area contributed by atoms with E-state index in [-0.39, 0.29) is 0 Å². The van der Waals surface area contributed by atoms with Gasteiger partial charge in [0.25, 0.3) is 0 Å². The maximum absolute atomic E-state index is 9.71. The number of rotatable bonds is 3. The number of pyridine rings is 1. The maximum atomic E-state index is 9.71. The van der Waals surface area contributed by atoms with Gasteiger partial charge in [-0.25, -0.2) is 0 Å². The lowest BCUT2D eigenvalue weighted by Crippen LogP contribution is -2.37. The average molecular weight is 234 g/mol. The van der Waals surface area contributed by atoms with Crippen LogP contribution in [0.1, 0.15) is 51.3 Å². The molecule has 0 saturated carbocycles. The summed E-state index contributed by atoms with van der Waals surface area (Å²) in [4.78, 5) is 6.78. The van der Waals surface area contributed by atoms with Crippen LogP contribution >= 0.6 is 0 Å². The van der Waals surface area contributed by atoms with Gasteiger partial charge in [-0.1, -0.05) is 6.92 Å². The highest BCUT2D eigenvalue weighted by Crippen LogP contribution is 2.25. The Balaban J connectivity index is 2.11. The number of aromatic nitrogens is 1. The molecule has 1 aliphatic heterocycles. The second kappa shape index (κ2) is 5.50. The van der Waals surface area contributed by atoms with Crippen LogP contribution < -0.4 is 4.90 Å². The molecule has 1 aromatic heterocycles. The Hall–Kier alpha value is -1.09. The summed E-state index contributed by atoms with van der Waals surface area (Å²) in [6, 6.07) is 4.64. The number of aliphatic hydroxyl groups excluding tert-OH is 1. The number of hydrogen-bond donors (Lipinski definition) is 1. The van der Waals surface area contributed by atoms with Crippen LogP contribution in [0.3, 0.4) is 0 Å². The zero-order valence-electron chi connectivity index (χ0n) is 10.8. The zero-order chi connectivity index (χ0) is 12.3. The van der Waals surface area contributed by atoms with Crippen LogP contribution in [-0.4, -0.2) is 22.7 Å². The molecule has 3 heteroatoms. The standard InChI is InChI=1S/C14H22N2O/c1-3-14(17)13-8-7-12(10-15-13)16-9-5-4-6-11(16)2/h7-8,10-11,14,17H,3-6,9H2,1-2H3/t11?,14-/m0/s1. The maximum Gasteiger partial charge on any atom is 0.0957 e. The number of hydrogen-bond acceptors (Lipinski definition) is 3. The number of anilines is 1. The van der Waals surface area contributed by atoms with E-state index in [0.29, 0.717) is 12.5 Å². The third-order valence-corrected chi connectivity index (χ3v) is 3.63. The SMILES string of the molecule is CC[C@H](O)c1ccc(N2CCCCC2C)cn1. The molecule has 0 aromatic carbocycles. The van der Waals surface area contributed by atoms with Crippen molar-refractivity contribution in [2.45, 2.75) is 51.7 Å². The van der Waals surface area contributed by atoms with Crippen LogP contribution in [0, 0.1) is 0 Å². The van der Waals surface area contributed by atoms with Crippen molar-refractivity contribution in [3.8, 4) is 0 Å². The molecule has 2 atom stereocenters. The fourth-order valence-electron chi connectivity index (χ4n) is 2.46. The Labute approximate surface area is 103 Å². The highest BCUT2D eigenvalue weighted by Gasteiger charge is 2.18. The summed E-state index contributed by atoms with van der Waals surface area (Å²) in [7, 11) is 0. The van der Waals surface area contributed by atoms with Crippen molar-refractivity contribution >= 4 is 5.69 Å². The van der Waals surface area contributed by atoms with E-state index in [9.17, 15) is 5.11 Å². The number of aliphatic hydroxyl groups is 1. The minimum atomic E-state index is -0.428. The second-order valence-corrected chi connectivity index (χ2v) is 4.90. The van der Waals surface area contributed by atoms with Crippen molar-refractivity contribution < 1.29 is 5.11 Å². The van der Waals surface area contributed by atoms with Gasteiger partial charge >= 0.3 is 0 Å². The van der Waals surface area contributed by atoms with Crippen molar-refractivity contribution in [1.82, 2.24) is 4.98 Å². The predicted octanol–water partition coefficient (Wildman–Crippen LogP) is 2.90. The summed E-state index contributed by atoms with van der Waals surface area (Å²) in [5, 5.41) is 9.71. The first kappa shape index (κ1) is 12.4. The molecular formula is C14H22N2O. The van der Waals surface area contributed by atoms with Gasteiger partial charge in [-0.2, -0.15) is 0 Å². The lowest BCUT2D eigenvalue weighted by atomic mass is 10.0. The lowest BCUT2D eigenvalue weighted by molar-refractivity contribution is 0.169. The Morgan fingerprint density at radius 2 is 2.29 bits per heavy atom. The van der Waals surface area contributed by atoms with E-state index in [1.807, 2.05) is 19.2 Å². The molecule has 1 saturated heterocycles. The molecule has 0 amide bonds. The van der Waals surface area contributed by atoms with E-state index in [0.717, 1.165) is 12.2 Å². The summed E-state index contributed by atoms with van der Waals surface area (Å²) in [5.74, 6) is 0. The fourth-order valence-corrected chi connectivity index (χ4v) is 2.46. The monoisotopic (exact) mass is 234 g/mol. The molecule has 1 unspecified atom stereocenters. The van der Waals surface area contributed by atoms with E-state index >= 15 is 0 Å². The van der Waals surface area contributed by atoms with Gasteiger partial charge in [0.2, 0.25) is 0 Å². The van der Waals surface area contributed by atoms with E-state index in [1.54, 1.807) is 0 Å². The first-order valence-electron chi connectivity index (χ1n) is 6.63. The summed E-state index contributed by atoms with van der Waals surface area (Å²) in [6.45, 7) is 5.36.